The fourth-order valence-electron chi connectivity index (χ4n) is 1.99. The van der Waals surface area contributed by atoms with Crippen molar-refractivity contribution in [3.05, 3.63) is 23.2 Å². The fraction of sp³-hybridized carbons (Fsp3) is 0.500. The van der Waals surface area contributed by atoms with Crippen molar-refractivity contribution >= 4 is 29.1 Å². The van der Waals surface area contributed by atoms with Gasteiger partial charge in [0.25, 0.3) is 0 Å². The predicted molar refractivity (Wildman–Crippen MR) is 72.7 cm³/mol. The lowest BCUT2D eigenvalue weighted by molar-refractivity contribution is 0.713. The van der Waals surface area contributed by atoms with Crippen LogP contribution in [0.15, 0.2) is 23.1 Å². The van der Waals surface area contributed by atoms with Gasteiger partial charge in [0.15, 0.2) is 0 Å². The minimum Gasteiger partial charge on any atom is -0.369 e. The minimum absolute atomic E-state index is 0.631. The third kappa shape index (κ3) is 2.65. The van der Waals surface area contributed by atoms with Crippen molar-refractivity contribution in [2.75, 3.05) is 24.5 Å². The van der Waals surface area contributed by atoms with E-state index >= 15 is 0 Å². The van der Waals surface area contributed by atoms with Crippen molar-refractivity contribution in [2.24, 2.45) is 5.73 Å². The molecule has 0 saturated carbocycles. The number of halogens is 1. The molecule has 1 aliphatic heterocycles. The quantitative estimate of drug-likeness (QED) is 0.902. The Kier molecular flexibility index (Phi) is 4.00. The molecule has 1 atom stereocenters. The number of anilines is 1. The van der Waals surface area contributed by atoms with Crippen molar-refractivity contribution in [1.82, 2.24) is 0 Å². The number of rotatable bonds is 3. The molecule has 0 amide bonds. The van der Waals surface area contributed by atoms with Gasteiger partial charge in [0.2, 0.25) is 0 Å². The predicted octanol–water partition coefficient (Wildman–Crippen LogP) is 2.99. The molecule has 0 spiro atoms. The average molecular weight is 257 g/mol. The molecule has 88 valence electrons. The average Bonchev–Trinajstić information content (AvgIpc) is 2.26. The highest BCUT2D eigenvalue weighted by Gasteiger charge is 2.21. The molecule has 0 saturated heterocycles. The summed E-state index contributed by atoms with van der Waals surface area (Å²) in [6.45, 7) is 5.11. The smallest absolute Gasteiger partial charge is 0.0519 e. The van der Waals surface area contributed by atoms with Gasteiger partial charge in [-0.25, -0.2) is 0 Å². The van der Waals surface area contributed by atoms with Crippen molar-refractivity contribution in [1.29, 1.82) is 0 Å². The van der Waals surface area contributed by atoms with E-state index in [9.17, 15) is 0 Å². The van der Waals surface area contributed by atoms with Gasteiger partial charge >= 0.3 is 0 Å². The number of nitrogens with two attached hydrogens (primary N) is 1. The lowest BCUT2D eigenvalue weighted by Crippen LogP contribution is -2.34. The minimum atomic E-state index is 0.631. The van der Waals surface area contributed by atoms with Gasteiger partial charge in [0, 0.05) is 28.3 Å². The third-order valence-electron chi connectivity index (χ3n) is 2.70. The van der Waals surface area contributed by atoms with Crippen LogP contribution >= 0.6 is 23.4 Å². The summed E-state index contributed by atoms with van der Waals surface area (Å²) in [5, 5.41) is 1.44. The molecule has 16 heavy (non-hydrogen) atoms. The second kappa shape index (κ2) is 5.30. The lowest BCUT2D eigenvalue weighted by Gasteiger charge is -2.34. The van der Waals surface area contributed by atoms with Gasteiger partial charge < -0.3 is 10.6 Å². The first-order valence-electron chi connectivity index (χ1n) is 5.62. The molecule has 1 aromatic rings. The van der Waals surface area contributed by atoms with E-state index < -0.39 is 0 Å². The summed E-state index contributed by atoms with van der Waals surface area (Å²) < 4.78 is 0. The van der Waals surface area contributed by atoms with Gasteiger partial charge in [-0.05, 0) is 31.2 Å². The van der Waals surface area contributed by atoms with E-state index in [4.69, 9.17) is 17.3 Å². The van der Waals surface area contributed by atoms with Gasteiger partial charge in [-0.3, -0.25) is 0 Å². The maximum atomic E-state index is 6.05. The Morgan fingerprint density at radius 3 is 3.12 bits per heavy atom. The van der Waals surface area contributed by atoms with Crippen LogP contribution in [-0.2, 0) is 0 Å². The van der Waals surface area contributed by atoms with Gasteiger partial charge in [0.1, 0.15) is 0 Å². The van der Waals surface area contributed by atoms with E-state index in [1.165, 1.54) is 10.6 Å². The molecular weight excluding hydrogens is 240 g/mol. The summed E-state index contributed by atoms with van der Waals surface area (Å²) in [5.41, 5.74) is 6.84. The molecule has 0 fully saturated rings. The molecule has 1 aromatic carbocycles. The van der Waals surface area contributed by atoms with E-state index in [0.717, 1.165) is 31.1 Å². The third-order valence-corrected chi connectivity index (χ3v) is 4.09. The van der Waals surface area contributed by atoms with Gasteiger partial charge in [-0.2, -0.15) is 0 Å². The largest absolute Gasteiger partial charge is 0.369 e. The van der Waals surface area contributed by atoms with Crippen LogP contribution in [0.5, 0.6) is 0 Å². The Morgan fingerprint density at radius 2 is 2.38 bits per heavy atom. The van der Waals surface area contributed by atoms with Gasteiger partial charge in [-0.1, -0.05) is 18.5 Å². The topological polar surface area (TPSA) is 29.3 Å². The number of hydrogen-bond acceptors (Lipinski definition) is 3. The monoisotopic (exact) mass is 256 g/mol. The molecular formula is C12H17ClN2S. The SMILES string of the molecule is CC1CN(CCCN)c2cc(Cl)ccc2S1. The van der Waals surface area contributed by atoms with Crippen molar-refractivity contribution in [3.63, 3.8) is 0 Å². The molecule has 1 unspecified atom stereocenters. The molecule has 2 rings (SSSR count). The summed E-state index contributed by atoms with van der Waals surface area (Å²) >= 11 is 7.98. The number of thioether (sulfide) groups is 1. The maximum Gasteiger partial charge on any atom is 0.0519 e. The fourth-order valence-corrected chi connectivity index (χ4v) is 3.30. The summed E-state index contributed by atoms with van der Waals surface area (Å²) in [7, 11) is 0. The van der Waals surface area contributed by atoms with Crippen LogP contribution in [0.3, 0.4) is 0 Å². The summed E-state index contributed by atoms with van der Waals surface area (Å²) in [4.78, 5) is 3.73. The zero-order chi connectivity index (χ0) is 11.5. The van der Waals surface area contributed by atoms with E-state index in [2.05, 4.69) is 24.0 Å². The second-order valence-corrected chi connectivity index (χ2v) is 6.05. The molecule has 0 bridgehead atoms. The van der Waals surface area contributed by atoms with Crippen LogP contribution < -0.4 is 10.6 Å². The Hall–Kier alpha value is -0.380. The highest BCUT2D eigenvalue weighted by Crippen LogP contribution is 2.39. The van der Waals surface area contributed by atoms with E-state index in [-0.39, 0.29) is 0 Å². The van der Waals surface area contributed by atoms with E-state index in [1.54, 1.807) is 0 Å². The first-order valence-corrected chi connectivity index (χ1v) is 6.87. The van der Waals surface area contributed by atoms with Crippen molar-refractivity contribution in [2.45, 2.75) is 23.5 Å². The zero-order valence-corrected chi connectivity index (χ0v) is 11.0. The molecule has 4 heteroatoms. The highest BCUT2D eigenvalue weighted by atomic mass is 35.5. The molecule has 0 aliphatic carbocycles. The first kappa shape index (κ1) is 12.1. The summed E-state index contributed by atoms with van der Waals surface area (Å²) in [6, 6.07) is 6.15. The highest BCUT2D eigenvalue weighted by molar-refractivity contribution is 8.00. The maximum absolute atomic E-state index is 6.05. The molecule has 2 nitrogen and oxygen atoms in total. The van der Waals surface area contributed by atoms with Crippen molar-refractivity contribution < 1.29 is 0 Å². The van der Waals surface area contributed by atoms with Gasteiger partial charge in [-0.15, -0.1) is 11.8 Å². The number of nitrogens with zero attached hydrogens (tertiary/aromatic N) is 1. The van der Waals surface area contributed by atoms with Crippen LogP contribution in [-0.4, -0.2) is 24.9 Å². The number of benzene rings is 1. The Bertz CT molecular complexity index is 370. The molecule has 1 heterocycles. The summed E-state index contributed by atoms with van der Waals surface area (Å²) in [6.07, 6.45) is 1.03. The normalized spacial score (nSPS) is 19.7. The summed E-state index contributed by atoms with van der Waals surface area (Å²) in [5.74, 6) is 0. The van der Waals surface area contributed by atoms with Crippen LogP contribution in [0.4, 0.5) is 5.69 Å². The Labute approximate surface area is 106 Å². The van der Waals surface area contributed by atoms with Gasteiger partial charge in [0.05, 0.1) is 5.69 Å². The molecule has 2 N–H and O–H groups in total. The molecule has 1 aliphatic rings. The Balaban J connectivity index is 2.24. The number of hydrogen-bond donors (Lipinski definition) is 1. The molecule has 0 aromatic heterocycles. The molecule has 0 radical (unpaired) electrons. The van der Waals surface area contributed by atoms with Crippen LogP contribution in [0, 0.1) is 0 Å². The zero-order valence-electron chi connectivity index (χ0n) is 9.45. The first-order chi connectivity index (χ1) is 7.70. The van der Waals surface area contributed by atoms with Crippen LogP contribution in [0.1, 0.15) is 13.3 Å². The Morgan fingerprint density at radius 1 is 1.56 bits per heavy atom. The van der Waals surface area contributed by atoms with Crippen molar-refractivity contribution in [3.8, 4) is 0 Å². The van der Waals surface area contributed by atoms with E-state index in [1.807, 2.05) is 17.8 Å². The lowest BCUT2D eigenvalue weighted by atomic mass is 10.2. The van der Waals surface area contributed by atoms with Crippen LogP contribution in [0.2, 0.25) is 5.02 Å². The number of fused-ring (bicyclic) bond motifs is 1. The standard InChI is InChI=1S/C12H17ClN2S/c1-9-8-15(6-2-5-14)11-7-10(13)3-4-12(11)16-9/h3-4,7,9H,2,5-6,8,14H2,1H3. The van der Waals surface area contributed by atoms with Crippen LogP contribution in [0.25, 0.3) is 0 Å². The second-order valence-electron chi connectivity index (χ2n) is 4.13. The van der Waals surface area contributed by atoms with E-state index in [0.29, 0.717) is 5.25 Å².